The number of nitrogens with zero attached hydrogens (tertiary/aromatic N) is 1. The molecule has 2 aliphatic rings. The Morgan fingerprint density at radius 3 is 2.59 bits per heavy atom. The smallest absolute Gasteiger partial charge is 0.261 e. The van der Waals surface area contributed by atoms with Gasteiger partial charge in [-0.3, -0.25) is 14.5 Å². The van der Waals surface area contributed by atoms with Crippen molar-refractivity contribution in [2.75, 3.05) is 25.0 Å². The van der Waals surface area contributed by atoms with Gasteiger partial charge in [-0.05, 0) is 43.2 Å². The normalized spacial score (nSPS) is 15.9. The third-order valence-corrected chi connectivity index (χ3v) is 7.10. The summed E-state index contributed by atoms with van der Waals surface area (Å²) in [5.41, 5.74) is 2.93. The number of hydrogen-bond donors (Lipinski definition) is 2. The zero-order valence-electron chi connectivity index (χ0n) is 17.7. The van der Waals surface area contributed by atoms with Gasteiger partial charge in [-0.1, -0.05) is 30.3 Å². The Balaban J connectivity index is 1.13. The molecule has 2 aromatic carbocycles. The molecule has 3 heterocycles. The van der Waals surface area contributed by atoms with Gasteiger partial charge in [-0.2, -0.15) is 0 Å². The molecule has 1 fully saturated rings. The van der Waals surface area contributed by atoms with E-state index in [0.29, 0.717) is 13.2 Å². The second-order valence-corrected chi connectivity index (χ2v) is 9.24. The van der Waals surface area contributed by atoms with E-state index in [1.807, 2.05) is 60.7 Å². The van der Waals surface area contributed by atoms with Crippen molar-refractivity contribution in [3.05, 3.63) is 71.1 Å². The molecule has 6 nitrogen and oxygen atoms in total. The zero-order chi connectivity index (χ0) is 21.9. The van der Waals surface area contributed by atoms with Crippen molar-refractivity contribution < 1.29 is 14.3 Å². The van der Waals surface area contributed by atoms with E-state index >= 15 is 0 Å². The molecule has 1 saturated heterocycles. The monoisotopic (exact) mass is 447 g/mol. The molecular formula is C25H25N3O3S. The van der Waals surface area contributed by atoms with E-state index in [-0.39, 0.29) is 17.9 Å². The third kappa shape index (κ3) is 4.54. The Bertz CT molecular complexity index is 1120. The highest BCUT2D eigenvalue weighted by Gasteiger charge is 2.26. The summed E-state index contributed by atoms with van der Waals surface area (Å²) in [6.45, 7) is 2.44. The van der Waals surface area contributed by atoms with Gasteiger partial charge >= 0.3 is 0 Å². The molecule has 0 bridgehead atoms. The van der Waals surface area contributed by atoms with Crippen molar-refractivity contribution in [1.82, 2.24) is 10.2 Å². The lowest BCUT2D eigenvalue weighted by molar-refractivity contribution is -0.117. The molecule has 0 radical (unpaired) electrons. The number of amides is 2. The predicted octanol–water partition coefficient (Wildman–Crippen LogP) is 4.14. The van der Waals surface area contributed by atoms with Crippen molar-refractivity contribution in [3.8, 4) is 16.2 Å². The van der Waals surface area contributed by atoms with Crippen LogP contribution in [0.4, 0.5) is 5.69 Å². The second-order valence-electron chi connectivity index (χ2n) is 8.19. The maximum Gasteiger partial charge on any atom is 0.261 e. The summed E-state index contributed by atoms with van der Waals surface area (Å²) in [6, 6.07) is 19.5. The second kappa shape index (κ2) is 9.14. The Labute approximate surface area is 191 Å². The minimum Gasteiger partial charge on any atom is -0.488 e. The SMILES string of the molecule is O=C(CN1CCC(NC(=O)c2cc3c(s2)-c2ccccc2OC3)CC1)Nc1ccccc1. The summed E-state index contributed by atoms with van der Waals surface area (Å²) in [5.74, 6) is 0.838. The minimum absolute atomic E-state index is 0.00893. The van der Waals surface area contributed by atoms with Crippen LogP contribution in [0.25, 0.3) is 10.4 Å². The first-order valence-electron chi connectivity index (χ1n) is 10.9. The summed E-state index contributed by atoms with van der Waals surface area (Å²) < 4.78 is 5.81. The van der Waals surface area contributed by atoms with Gasteiger partial charge in [0.15, 0.2) is 0 Å². The maximum atomic E-state index is 12.9. The van der Waals surface area contributed by atoms with E-state index in [2.05, 4.69) is 15.5 Å². The van der Waals surface area contributed by atoms with Gasteiger partial charge in [0.2, 0.25) is 5.91 Å². The molecule has 0 spiro atoms. The lowest BCUT2D eigenvalue weighted by atomic mass is 10.0. The van der Waals surface area contributed by atoms with E-state index in [0.717, 1.165) is 58.2 Å². The van der Waals surface area contributed by atoms with Crippen LogP contribution in [0.3, 0.4) is 0 Å². The Hall–Kier alpha value is -3.16. The van der Waals surface area contributed by atoms with E-state index in [4.69, 9.17) is 4.74 Å². The van der Waals surface area contributed by atoms with Gasteiger partial charge in [0.05, 0.1) is 11.4 Å². The lowest BCUT2D eigenvalue weighted by Gasteiger charge is -2.31. The number of carbonyl (C=O) groups is 2. The highest BCUT2D eigenvalue weighted by atomic mass is 32.1. The quantitative estimate of drug-likeness (QED) is 0.617. The lowest BCUT2D eigenvalue weighted by Crippen LogP contribution is -2.46. The predicted molar refractivity (Wildman–Crippen MR) is 126 cm³/mol. The first-order valence-corrected chi connectivity index (χ1v) is 11.7. The van der Waals surface area contributed by atoms with E-state index < -0.39 is 0 Å². The summed E-state index contributed by atoms with van der Waals surface area (Å²) >= 11 is 1.53. The fourth-order valence-corrected chi connectivity index (χ4v) is 5.33. The highest BCUT2D eigenvalue weighted by molar-refractivity contribution is 7.17. The molecule has 32 heavy (non-hydrogen) atoms. The van der Waals surface area contributed by atoms with Gasteiger partial charge in [0.25, 0.3) is 5.91 Å². The number of hydrogen-bond acceptors (Lipinski definition) is 5. The molecule has 164 valence electrons. The molecule has 0 aliphatic carbocycles. The summed E-state index contributed by atoms with van der Waals surface area (Å²) in [4.78, 5) is 29.1. The fraction of sp³-hybridized carbons (Fsp3) is 0.280. The van der Waals surface area contributed by atoms with Crippen molar-refractivity contribution in [3.63, 3.8) is 0 Å². The van der Waals surface area contributed by atoms with Crippen LogP contribution in [0, 0.1) is 0 Å². The van der Waals surface area contributed by atoms with Crippen LogP contribution in [0.5, 0.6) is 5.75 Å². The zero-order valence-corrected chi connectivity index (χ0v) is 18.5. The van der Waals surface area contributed by atoms with Gasteiger partial charge in [0, 0.05) is 40.8 Å². The molecule has 0 saturated carbocycles. The van der Waals surface area contributed by atoms with E-state index in [9.17, 15) is 9.59 Å². The third-order valence-electron chi connectivity index (χ3n) is 5.90. The molecule has 5 rings (SSSR count). The molecule has 3 aromatic rings. The van der Waals surface area contributed by atoms with Gasteiger partial charge in [0.1, 0.15) is 12.4 Å². The van der Waals surface area contributed by atoms with Crippen LogP contribution >= 0.6 is 11.3 Å². The topological polar surface area (TPSA) is 70.7 Å². The van der Waals surface area contributed by atoms with Crippen molar-refractivity contribution >= 4 is 28.8 Å². The van der Waals surface area contributed by atoms with Gasteiger partial charge in [-0.15, -0.1) is 11.3 Å². The van der Waals surface area contributed by atoms with Crippen LogP contribution in [0.2, 0.25) is 0 Å². The number of piperidine rings is 1. The van der Waals surface area contributed by atoms with Crippen molar-refractivity contribution in [2.24, 2.45) is 0 Å². The van der Waals surface area contributed by atoms with Crippen molar-refractivity contribution in [1.29, 1.82) is 0 Å². The van der Waals surface area contributed by atoms with Crippen LogP contribution in [-0.4, -0.2) is 42.4 Å². The number of rotatable bonds is 5. The molecule has 7 heteroatoms. The number of ether oxygens (including phenoxy) is 1. The number of carbonyl (C=O) groups excluding carboxylic acids is 2. The summed E-state index contributed by atoms with van der Waals surface area (Å²) in [7, 11) is 0. The Morgan fingerprint density at radius 1 is 1.03 bits per heavy atom. The van der Waals surface area contributed by atoms with Crippen LogP contribution < -0.4 is 15.4 Å². The number of likely N-dealkylation sites (tertiary alicyclic amines) is 1. The molecule has 1 aromatic heterocycles. The number of fused-ring (bicyclic) bond motifs is 3. The van der Waals surface area contributed by atoms with Crippen LogP contribution in [0.1, 0.15) is 28.1 Å². The first kappa shape index (κ1) is 20.7. The number of benzene rings is 2. The number of thiophene rings is 1. The molecule has 2 aliphatic heterocycles. The van der Waals surface area contributed by atoms with Gasteiger partial charge < -0.3 is 15.4 Å². The van der Waals surface area contributed by atoms with E-state index in [1.165, 1.54) is 11.3 Å². The van der Waals surface area contributed by atoms with Crippen LogP contribution in [-0.2, 0) is 11.4 Å². The molecule has 0 unspecified atom stereocenters. The maximum absolute atomic E-state index is 12.9. The Kier molecular flexibility index (Phi) is 5.92. The number of nitrogens with one attached hydrogen (secondary N) is 2. The summed E-state index contributed by atoms with van der Waals surface area (Å²) in [5, 5.41) is 6.11. The average molecular weight is 448 g/mol. The first-order chi connectivity index (χ1) is 15.7. The number of anilines is 1. The average Bonchev–Trinajstić information content (AvgIpc) is 3.26. The molecule has 2 amide bonds. The number of para-hydroxylation sites is 2. The molecular weight excluding hydrogens is 422 g/mol. The standard InChI is InChI=1S/C25H25N3O3S/c29-23(26-18-6-2-1-3-7-18)15-28-12-10-19(11-13-28)27-25(30)22-14-17-16-31-21-9-5-4-8-20(21)24(17)32-22/h1-9,14,19H,10-13,15-16H2,(H,26,29)(H,27,30). The van der Waals surface area contributed by atoms with Crippen LogP contribution in [0.15, 0.2) is 60.7 Å². The largest absolute Gasteiger partial charge is 0.488 e. The minimum atomic E-state index is -0.0258. The summed E-state index contributed by atoms with van der Waals surface area (Å²) in [6.07, 6.45) is 1.67. The molecule has 0 atom stereocenters. The fourth-order valence-electron chi connectivity index (χ4n) is 4.23. The van der Waals surface area contributed by atoms with Gasteiger partial charge in [-0.25, -0.2) is 0 Å². The van der Waals surface area contributed by atoms with Crippen molar-refractivity contribution in [2.45, 2.75) is 25.5 Å². The molecule has 2 N–H and O–H groups in total. The highest BCUT2D eigenvalue weighted by Crippen LogP contribution is 2.42. The van der Waals surface area contributed by atoms with E-state index in [1.54, 1.807) is 0 Å². The Morgan fingerprint density at radius 2 is 1.78 bits per heavy atom.